The molecule has 1 aliphatic heterocycles. The minimum Gasteiger partial charge on any atom is -0.249 e. The first-order chi connectivity index (χ1) is 7.86. The molecule has 0 bridgehead atoms. The first-order valence-corrected chi connectivity index (χ1v) is 6.83. The van der Waals surface area contributed by atoms with Crippen molar-refractivity contribution < 1.29 is 4.84 Å². The molecule has 16 heavy (non-hydrogen) atoms. The molecule has 1 aromatic rings. The zero-order valence-corrected chi connectivity index (χ0v) is 10.6. The number of unbranched alkanes of at least 4 members (excludes halogenated alkanes) is 1. The summed E-state index contributed by atoms with van der Waals surface area (Å²) in [7, 11) is 1.45. The van der Waals surface area contributed by atoms with E-state index in [0.717, 1.165) is 6.42 Å². The largest absolute Gasteiger partial charge is 0.249 e. The second kappa shape index (κ2) is 5.41. The van der Waals surface area contributed by atoms with Gasteiger partial charge in [-0.1, -0.05) is 31.5 Å². The molecule has 2 nitrogen and oxygen atoms in total. The molecule has 86 valence electrons. The van der Waals surface area contributed by atoms with Crippen LogP contribution < -0.4 is 0 Å². The van der Waals surface area contributed by atoms with E-state index < -0.39 is 0 Å². The van der Waals surface area contributed by atoms with Crippen molar-refractivity contribution in [2.24, 2.45) is 4.53 Å². The topological polar surface area (TPSA) is 21.6 Å². The van der Waals surface area contributed by atoms with Crippen LogP contribution in [0.25, 0.3) is 6.08 Å². The average Bonchev–Trinajstić information content (AvgIpc) is 2.66. The molecule has 3 heteroatoms. The van der Waals surface area contributed by atoms with E-state index in [1.54, 1.807) is 7.11 Å². The summed E-state index contributed by atoms with van der Waals surface area (Å²) in [6.45, 7) is 2.22. The predicted molar refractivity (Wildman–Crippen MR) is 69.0 cm³/mol. The minimum atomic E-state index is -0.178. The minimum absolute atomic E-state index is 0.178. The Morgan fingerprint density at radius 2 is 2.12 bits per heavy atom. The van der Waals surface area contributed by atoms with Gasteiger partial charge in [-0.3, -0.25) is 0 Å². The quantitative estimate of drug-likeness (QED) is 0.724. The van der Waals surface area contributed by atoms with E-state index in [1.165, 1.54) is 28.2 Å². The van der Waals surface area contributed by atoms with Gasteiger partial charge in [-0.25, -0.2) is 4.84 Å². The Bertz CT molecular complexity index is 437. The fourth-order valence-electron chi connectivity index (χ4n) is 1.83. The number of hydrogen-bond acceptors (Lipinski definition) is 2. The third kappa shape index (κ3) is 2.25. The summed E-state index contributed by atoms with van der Waals surface area (Å²) >= 11 is 0. The Labute approximate surface area is 99.4 Å². The molecular weight excluding hydrogens is 218 g/mol. The lowest BCUT2D eigenvalue weighted by Crippen LogP contribution is -1.92. The second-order valence-corrected chi connectivity index (χ2v) is 5.48. The third-order valence-electron chi connectivity index (χ3n) is 2.62. The van der Waals surface area contributed by atoms with Crippen LogP contribution in [0.2, 0.25) is 0 Å². The van der Waals surface area contributed by atoms with Crippen molar-refractivity contribution in [3.63, 3.8) is 0 Å². The van der Waals surface area contributed by atoms with Crippen molar-refractivity contribution in [2.45, 2.75) is 31.1 Å². The zero-order valence-electron chi connectivity index (χ0n) is 9.77. The first kappa shape index (κ1) is 11.6. The standard InChI is InChI=1S/C13H17NOS/c1-3-4-8-12-10-11-7-5-6-9-13(11)16(12)14-15-2/h5-7,9-10H,3-4,8H2,1-2H3. The first-order valence-electron chi connectivity index (χ1n) is 5.65. The number of hydrogen-bond donors (Lipinski definition) is 0. The Morgan fingerprint density at radius 1 is 1.31 bits per heavy atom. The van der Waals surface area contributed by atoms with E-state index in [4.69, 9.17) is 4.84 Å². The molecule has 1 heterocycles. The van der Waals surface area contributed by atoms with Crippen LogP contribution in [0.1, 0.15) is 31.7 Å². The van der Waals surface area contributed by atoms with E-state index >= 15 is 0 Å². The van der Waals surface area contributed by atoms with Crippen LogP contribution in [0.15, 0.2) is 38.6 Å². The lowest BCUT2D eigenvalue weighted by molar-refractivity contribution is 0.221. The van der Waals surface area contributed by atoms with Gasteiger partial charge in [0.25, 0.3) is 0 Å². The monoisotopic (exact) mass is 235 g/mol. The number of nitrogens with zero attached hydrogens (tertiary/aromatic N) is 1. The maximum Gasteiger partial charge on any atom is 0.0668 e. The molecule has 0 radical (unpaired) electrons. The van der Waals surface area contributed by atoms with Crippen LogP contribution in [-0.2, 0) is 15.5 Å². The van der Waals surface area contributed by atoms with Gasteiger partial charge >= 0.3 is 0 Å². The fourth-order valence-corrected chi connectivity index (χ4v) is 3.57. The summed E-state index contributed by atoms with van der Waals surface area (Å²) in [5.41, 5.74) is 1.30. The number of fused-ring (bicyclic) bond motifs is 1. The molecule has 0 saturated carbocycles. The molecule has 1 unspecified atom stereocenters. The summed E-state index contributed by atoms with van der Waals surface area (Å²) in [5.74, 6) is 0. The van der Waals surface area contributed by atoms with Crippen molar-refractivity contribution in [3.8, 4) is 0 Å². The highest BCUT2D eigenvalue weighted by Gasteiger charge is 2.18. The second-order valence-electron chi connectivity index (χ2n) is 3.79. The van der Waals surface area contributed by atoms with Gasteiger partial charge in [0.1, 0.15) is 0 Å². The van der Waals surface area contributed by atoms with E-state index in [9.17, 15) is 0 Å². The molecule has 2 rings (SSSR count). The van der Waals surface area contributed by atoms with Gasteiger partial charge in [-0.15, -0.1) is 4.53 Å². The van der Waals surface area contributed by atoms with Crippen LogP contribution >= 0.6 is 0 Å². The van der Waals surface area contributed by atoms with Gasteiger partial charge in [0.2, 0.25) is 0 Å². The smallest absolute Gasteiger partial charge is 0.0668 e. The Kier molecular flexibility index (Phi) is 3.91. The molecule has 0 amide bonds. The highest BCUT2D eigenvalue weighted by molar-refractivity contribution is 7.91. The van der Waals surface area contributed by atoms with E-state index in [1.807, 2.05) is 0 Å². The molecule has 0 aliphatic carbocycles. The summed E-state index contributed by atoms with van der Waals surface area (Å²) in [6, 6.07) is 8.45. The van der Waals surface area contributed by atoms with Gasteiger partial charge in [0.15, 0.2) is 0 Å². The van der Waals surface area contributed by atoms with Gasteiger partial charge in [-0.05, 0) is 41.2 Å². The van der Waals surface area contributed by atoms with E-state index in [0.29, 0.717) is 0 Å². The molecular formula is C13H17NOS. The highest BCUT2D eigenvalue weighted by Crippen LogP contribution is 2.33. The van der Waals surface area contributed by atoms with Crippen LogP contribution in [0.5, 0.6) is 0 Å². The predicted octanol–water partition coefficient (Wildman–Crippen LogP) is 3.95. The van der Waals surface area contributed by atoms with Crippen molar-refractivity contribution in [1.82, 2.24) is 0 Å². The van der Waals surface area contributed by atoms with Crippen molar-refractivity contribution in [1.29, 1.82) is 0 Å². The van der Waals surface area contributed by atoms with Gasteiger partial charge in [0, 0.05) is 9.80 Å². The number of rotatable bonds is 4. The molecule has 0 fully saturated rings. The maximum atomic E-state index is 4.99. The summed E-state index contributed by atoms with van der Waals surface area (Å²) in [5, 5.41) is 0. The molecule has 1 aromatic carbocycles. The Hall–Kier alpha value is -0.930. The summed E-state index contributed by atoms with van der Waals surface area (Å²) < 4.78 is 4.26. The van der Waals surface area contributed by atoms with Gasteiger partial charge in [-0.2, -0.15) is 0 Å². The number of allylic oxidation sites excluding steroid dienone is 1. The highest BCUT2D eigenvalue weighted by atomic mass is 32.2. The summed E-state index contributed by atoms with van der Waals surface area (Å²) in [4.78, 5) is 7.70. The lowest BCUT2D eigenvalue weighted by atomic mass is 10.2. The SMILES string of the molecule is CCCCC1=Cc2ccccc2S1=NOC. The van der Waals surface area contributed by atoms with E-state index in [2.05, 4.69) is 41.8 Å². The molecule has 1 aliphatic rings. The number of benzene rings is 1. The van der Waals surface area contributed by atoms with Crippen molar-refractivity contribution in [2.75, 3.05) is 7.11 Å². The van der Waals surface area contributed by atoms with Gasteiger partial charge in [0.05, 0.1) is 7.11 Å². The average molecular weight is 235 g/mol. The maximum absolute atomic E-state index is 4.99. The van der Waals surface area contributed by atoms with Gasteiger partial charge < -0.3 is 0 Å². The van der Waals surface area contributed by atoms with Crippen LogP contribution in [0, 0.1) is 0 Å². The van der Waals surface area contributed by atoms with Crippen LogP contribution in [-0.4, -0.2) is 7.11 Å². The van der Waals surface area contributed by atoms with E-state index in [-0.39, 0.29) is 10.7 Å². The Morgan fingerprint density at radius 3 is 2.88 bits per heavy atom. The summed E-state index contributed by atoms with van der Waals surface area (Å²) in [6.07, 6.45) is 5.85. The molecule has 0 spiro atoms. The van der Waals surface area contributed by atoms with Crippen LogP contribution in [0.3, 0.4) is 0 Å². The fraction of sp³-hybridized carbons (Fsp3) is 0.385. The molecule has 0 N–H and O–H groups in total. The molecule has 1 atom stereocenters. The lowest BCUT2D eigenvalue weighted by Gasteiger charge is -2.05. The Balaban J connectivity index is 2.32. The normalized spacial score (nSPS) is 18.6. The van der Waals surface area contributed by atoms with Crippen LogP contribution in [0.4, 0.5) is 0 Å². The third-order valence-corrected chi connectivity index (χ3v) is 4.52. The molecule has 0 saturated heterocycles. The molecule has 0 aromatic heterocycles. The zero-order chi connectivity index (χ0) is 11.4. The van der Waals surface area contributed by atoms with Crippen molar-refractivity contribution >= 4 is 16.8 Å². The van der Waals surface area contributed by atoms with Crippen molar-refractivity contribution in [3.05, 3.63) is 34.7 Å².